The lowest BCUT2D eigenvalue weighted by molar-refractivity contribution is 0.558. The fraction of sp³-hybridized carbons (Fsp3) is 0.647. The first-order valence-electron chi connectivity index (χ1n) is 7.80. The maximum atomic E-state index is 14.4. The van der Waals surface area contributed by atoms with E-state index in [0.717, 1.165) is 31.5 Å². The quantitative estimate of drug-likeness (QED) is 0.753. The van der Waals surface area contributed by atoms with Crippen LogP contribution >= 0.6 is 0 Å². The zero-order valence-corrected chi connectivity index (χ0v) is 13.5. The van der Waals surface area contributed by atoms with Crippen molar-refractivity contribution in [2.24, 2.45) is 0 Å². The van der Waals surface area contributed by atoms with Gasteiger partial charge in [-0.1, -0.05) is 19.9 Å². The molecule has 1 atom stereocenters. The number of rotatable bonds is 8. The van der Waals surface area contributed by atoms with Gasteiger partial charge in [-0.3, -0.25) is 0 Å². The molecule has 114 valence electrons. The first kappa shape index (κ1) is 17.0. The molecule has 0 fully saturated rings. The zero-order chi connectivity index (χ0) is 15.1. The number of hydrogen-bond acceptors (Lipinski definition) is 2. The summed E-state index contributed by atoms with van der Waals surface area (Å²) in [4.78, 5) is 2.13. The van der Waals surface area contributed by atoms with Gasteiger partial charge in [-0.15, -0.1) is 0 Å². The average Bonchev–Trinajstić information content (AvgIpc) is 2.42. The fourth-order valence-electron chi connectivity index (χ4n) is 2.40. The van der Waals surface area contributed by atoms with Gasteiger partial charge in [0.15, 0.2) is 0 Å². The minimum atomic E-state index is -0.116. The third-order valence-corrected chi connectivity index (χ3v) is 3.57. The molecule has 1 N–H and O–H groups in total. The number of anilines is 1. The molecule has 0 amide bonds. The first-order valence-corrected chi connectivity index (χ1v) is 7.80. The maximum absolute atomic E-state index is 14.4. The molecule has 0 aromatic heterocycles. The monoisotopic (exact) mass is 280 g/mol. The van der Waals surface area contributed by atoms with E-state index in [2.05, 4.69) is 44.8 Å². The summed E-state index contributed by atoms with van der Waals surface area (Å²) in [5.41, 5.74) is 1.73. The lowest BCUT2D eigenvalue weighted by Crippen LogP contribution is -2.32. The highest BCUT2D eigenvalue weighted by Gasteiger charge is 2.15. The topological polar surface area (TPSA) is 15.3 Å². The van der Waals surface area contributed by atoms with Crippen molar-refractivity contribution in [2.75, 3.05) is 18.0 Å². The van der Waals surface area contributed by atoms with Gasteiger partial charge in [-0.25, -0.2) is 4.39 Å². The highest BCUT2D eigenvalue weighted by Crippen LogP contribution is 2.25. The molecule has 0 aliphatic rings. The van der Waals surface area contributed by atoms with Crippen LogP contribution in [0.2, 0.25) is 0 Å². The summed E-state index contributed by atoms with van der Waals surface area (Å²) < 4.78 is 14.4. The molecule has 20 heavy (non-hydrogen) atoms. The third-order valence-electron chi connectivity index (χ3n) is 3.57. The van der Waals surface area contributed by atoms with Crippen LogP contribution in [0.4, 0.5) is 10.1 Å². The molecule has 1 aromatic rings. The Morgan fingerprint density at radius 2 is 1.85 bits per heavy atom. The average molecular weight is 280 g/mol. The molecule has 2 nitrogen and oxygen atoms in total. The van der Waals surface area contributed by atoms with Gasteiger partial charge in [0.05, 0.1) is 5.69 Å². The predicted octanol–water partition coefficient (Wildman–Crippen LogP) is 4.51. The summed E-state index contributed by atoms with van der Waals surface area (Å²) in [5.74, 6) is -0.116. The van der Waals surface area contributed by atoms with Crippen LogP contribution in [0.5, 0.6) is 0 Å². The van der Waals surface area contributed by atoms with E-state index in [1.165, 1.54) is 0 Å². The van der Waals surface area contributed by atoms with E-state index in [-0.39, 0.29) is 11.9 Å². The molecule has 0 aliphatic heterocycles. The van der Waals surface area contributed by atoms with Gasteiger partial charge in [0.1, 0.15) is 5.82 Å². The number of nitrogens with one attached hydrogen (secondary N) is 1. The van der Waals surface area contributed by atoms with Crippen molar-refractivity contribution in [2.45, 2.75) is 59.5 Å². The molecule has 0 bridgehead atoms. The molecule has 1 unspecified atom stereocenters. The molecule has 0 saturated heterocycles. The fourth-order valence-corrected chi connectivity index (χ4v) is 2.40. The van der Waals surface area contributed by atoms with Crippen molar-refractivity contribution in [3.8, 4) is 0 Å². The summed E-state index contributed by atoms with van der Waals surface area (Å²) >= 11 is 0. The van der Waals surface area contributed by atoms with Gasteiger partial charge in [-0.05, 0) is 57.9 Å². The second kappa shape index (κ2) is 8.25. The zero-order valence-electron chi connectivity index (χ0n) is 13.5. The van der Waals surface area contributed by atoms with Crippen molar-refractivity contribution < 1.29 is 4.39 Å². The molecule has 3 heteroatoms. The van der Waals surface area contributed by atoms with Gasteiger partial charge < -0.3 is 10.2 Å². The van der Waals surface area contributed by atoms with Crippen LogP contribution < -0.4 is 10.2 Å². The normalized spacial score (nSPS) is 12.8. The van der Waals surface area contributed by atoms with Gasteiger partial charge in [0.2, 0.25) is 0 Å². The molecule has 1 rings (SSSR count). The highest BCUT2D eigenvalue weighted by molar-refractivity contribution is 5.50. The van der Waals surface area contributed by atoms with Crippen molar-refractivity contribution in [1.29, 1.82) is 0 Å². The third kappa shape index (κ3) is 4.48. The summed E-state index contributed by atoms with van der Waals surface area (Å²) in [6.07, 6.45) is 2.11. The van der Waals surface area contributed by atoms with Gasteiger partial charge in [-0.2, -0.15) is 0 Å². The number of benzene rings is 1. The molecule has 0 aliphatic carbocycles. The predicted molar refractivity (Wildman–Crippen MR) is 85.9 cm³/mol. The van der Waals surface area contributed by atoms with E-state index < -0.39 is 0 Å². The van der Waals surface area contributed by atoms with Crippen molar-refractivity contribution in [3.05, 3.63) is 29.6 Å². The van der Waals surface area contributed by atoms with E-state index in [9.17, 15) is 4.39 Å². The summed E-state index contributed by atoms with van der Waals surface area (Å²) in [7, 11) is 0. The SMILES string of the molecule is CCCNC(C)c1ccc(N(CCC)C(C)C)c(F)c1. The van der Waals surface area contributed by atoms with Crippen molar-refractivity contribution in [1.82, 2.24) is 5.32 Å². The Morgan fingerprint density at radius 3 is 2.35 bits per heavy atom. The lowest BCUT2D eigenvalue weighted by atomic mass is 10.1. The van der Waals surface area contributed by atoms with E-state index in [1.807, 2.05) is 12.1 Å². The summed E-state index contributed by atoms with van der Waals surface area (Å²) in [6.45, 7) is 12.4. The molecular formula is C17H29FN2. The Kier molecular flexibility index (Phi) is 7.00. The van der Waals surface area contributed by atoms with Crippen LogP contribution in [0.3, 0.4) is 0 Å². The largest absolute Gasteiger partial charge is 0.367 e. The van der Waals surface area contributed by atoms with E-state index in [1.54, 1.807) is 6.07 Å². The Hall–Kier alpha value is -1.09. The van der Waals surface area contributed by atoms with Crippen LogP contribution in [0.15, 0.2) is 18.2 Å². The van der Waals surface area contributed by atoms with Crippen LogP contribution in [0, 0.1) is 5.82 Å². The second-order valence-electron chi connectivity index (χ2n) is 5.67. The van der Waals surface area contributed by atoms with Crippen LogP contribution in [-0.2, 0) is 0 Å². The maximum Gasteiger partial charge on any atom is 0.146 e. The van der Waals surface area contributed by atoms with Crippen LogP contribution in [0.1, 0.15) is 59.1 Å². The first-order chi connectivity index (χ1) is 9.51. The van der Waals surface area contributed by atoms with Crippen LogP contribution in [-0.4, -0.2) is 19.1 Å². The molecule has 0 heterocycles. The number of halogens is 1. The second-order valence-corrected chi connectivity index (χ2v) is 5.67. The number of nitrogens with zero attached hydrogens (tertiary/aromatic N) is 1. The lowest BCUT2D eigenvalue weighted by Gasteiger charge is -2.29. The Bertz CT molecular complexity index is 404. The van der Waals surface area contributed by atoms with Crippen molar-refractivity contribution in [3.63, 3.8) is 0 Å². The van der Waals surface area contributed by atoms with Crippen molar-refractivity contribution >= 4 is 5.69 Å². The summed E-state index contributed by atoms with van der Waals surface area (Å²) in [6, 6.07) is 6.14. The number of hydrogen-bond donors (Lipinski definition) is 1. The van der Waals surface area contributed by atoms with E-state index in [4.69, 9.17) is 0 Å². The Balaban J connectivity index is 2.91. The standard InChI is InChI=1S/C17H29FN2/c1-6-10-19-14(5)15-8-9-17(16(18)12-15)20(11-7-2)13(3)4/h8-9,12-14,19H,6-7,10-11H2,1-5H3. The Labute approximate surface area is 123 Å². The molecule has 0 saturated carbocycles. The smallest absolute Gasteiger partial charge is 0.146 e. The Morgan fingerprint density at radius 1 is 1.15 bits per heavy atom. The minimum absolute atomic E-state index is 0.116. The van der Waals surface area contributed by atoms with Gasteiger partial charge in [0, 0.05) is 18.6 Å². The van der Waals surface area contributed by atoms with E-state index in [0.29, 0.717) is 11.7 Å². The van der Waals surface area contributed by atoms with Crippen LogP contribution in [0.25, 0.3) is 0 Å². The molecule has 1 aromatic carbocycles. The molecule has 0 spiro atoms. The van der Waals surface area contributed by atoms with Gasteiger partial charge in [0.25, 0.3) is 0 Å². The molecular weight excluding hydrogens is 251 g/mol. The van der Waals surface area contributed by atoms with Gasteiger partial charge >= 0.3 is 0 Å². The highest BCUT2D eigenvalue weighted by atomic mass is 19.1. The molecule has 0 radical (unpaired) electrons. The van der Waals surface area contributed by atoms with E-state index >= 15 is 0 Å². The minimum Gasteiger partial charge on any atom is -0.367 e. The summed E-state index contributed by atoms with van der Waals surface area (Å²) in [5, 5.41) is 3.39.